The van der Waals surface area contributed by atoms with Crippen molar-refractivity contribution in [3.8, 4) is 23.2 Å². The lowest BCUT2D eigenvalue weighted by Crippen LogP contribution is -2.32. The summed E-state index contributed by atoms with van der Waals surface area (Å²) in [6.45, 7) is 9.74. The third-order valence-electron chi connectivity index (χ3n) is 4.90. The first-order valence-corrected chi connectivity index (χ1v) is 11.6. The van der Waals surface area contributed by atoms with Gasteiger partial charge in [-0.25, -0.2) is 9.97 Å². The molecule has 0 atom stereocenters. The number of rotatable bonds is 6. The molecule has 178 valence electrons. The molecule has 3 aromatic heterocycles. The molecule has 0 aliphatic rings. The summed E-state index contributed by atoms with van der Waals surface area (Å²) in [6, 6.07) is 7.23. The zero-order valence-corrected chi connectivity index (χ0v) is 21.0. The predicted molar refractivity (Wildman–Crippen MR) is 134 cm³/mol. The summed E-state index contributed by atoms with van der Waals surface area (Å²) in [5, 5.41) is 7.58. The van der Waals surface area contributed by atoms with Crippen LogP contribution in [0.1, 0.15) is 50.7 Å². The van der Waals surface area contributed by atoms with Gasteiger partial charge in [0.2, 0.25) is 5.91 Å². The summed E-state index contributed by atoms with van der Waals surface area (Å²) in [5.74, 6) is 5.38. The van der Waals surface area contributed by atoms with Crippen LogP contribution in [0.25, 0.3) is 11.4 Å². The largest absolute Gasteiger partial charge is 0.366 e. The van der Waals surface area contributed by atoms with Gasteiger partial charge in [-0.15, -0.1) is 11.3 Å². The second-order valence-corrected chi connectivity index (χ2v) is 9.98. The first-order valence-electron chi connectivity index (χ1n) is 10.7. The summed E-state index contributed by atoms with van der Waals surface area (Å²) >= 11 is 1.28. The van der Waals surface area contributed by atoms with Crippen molar-refractivity contribution in [1.82, 2.24) is 19.9 Å². The van der Waals surface area contributed by atoms with Crippen molar-refractivity contribution in [2.75, 3.05) is 19.0 Å². The van der Waals surface area contributed by atoms with E-state index in [1.165, 1.54) is 11.3 Å². The number of hydrogen-bond donors (Lipinski definition) is 2. The van der Waals surface area contributed by atoms with Crippen LogP contribution in [-0.4, -0.2) is 45.6 Å². The average molecular weight is 480 g/mol. The number of amides is 2. The Kier molecular flexibility index (Phi) is 7.54. The quantitative estimate of drug-likeness (QED) is 0.523. The Bertz CT molecular complexity index is 1240. The first kappa shape index (κ1) is 25.1. The number of thiazole rings is 1. The molecule has 0 fully saturated rings. The molecule has 0 saturated heterocycles. The van der Waals surface area contributed by atoms with Crippen LogP contribution in [0.5, 0.6) is 0 Å². The summed E-state index contributed by atoms with van der Waals surface area (Å²) < 4.78 is 7.26. The molecule has 0 unspecified atom stereocenters. The van der Waals surface area contributed by atoms with Crippen molar-refractivity contribution in [2.24, 2.45) is 0 Å². The number of nitrogens with one attached hydrogen (secondary N) is 2. The minimum atomic E-state index is -0.568. The maximum Gasteiger partial charge on any atom is 0.253 e. The number of aromatic nitrogens is 3. The van der Waals surface area contributed by atoms with E-state index in [1.54, 1.807) is 19.4 Å². The van der Waals surface area contributed by atoms with Crippen LogP contribution in [0.4, 0.5) is 5.13 Å². The highest BCUT2D eigenvalue weighted by Gasteiger charge is 2.16. The maximum absolute atomic E-state index is 12.4. The lowest BCUT2D eigenvalue weighted by atomic mass is 10.1. The zero-order valence-electron chi connectivity index (χ0n) is 20.2. The van der Waals surface area contributed by atoms with Gasteiger partial charge in [0.1, 0.15) is 17.0 Å². The van der Waals surface area contributed by atoms with Crippen LogP contribution >= 0.6 is 11.3 Å². The topological polar surface area (TPSA) is 98.1 Å². The normalized spacial score (nSPS) is 11.5. The standard InChI is InChI=1S/C25H29N5O3S/c1-24(2,3)30-13-11-17(15-30)22(32)26-14-21(31)29-23-28-20(16-34-23)19-9-7-8-18(27-19)10-12-25(4,5)33-6/h7-9,11,13,15-16H,14H2,1-6H3,(H,26,32)(H,28,29,31). The Morgan fingerprint density at radius 2 is 1.88 bits per heavy atom. The Hall–Kier alpha value is -3.48. The number of carbonyl (C=O) groups is 2. The molecule has 0 aromatic carbocycles. The van der Waals surface area contributed by atoms with Crippen molar-refractivity contribution in [3.05, 3.63) is 53.3 Å². The van der Waals surface area contributed by atoms with Gasteiger partial charge in [0.15, 0.2) is 5.13 Å². The second-order valence-electron chi connectivity index (χ2n) is 9.12. The Labute approximate surface area is 203 Å². The Balaban J connectivity index is 1.58. The minimum absolute atomic E-state index is 0.125. The molecule has 0 aliphatic carbocycles. The third kappa shape index (κ3) is 6.76. The fourth-order valence-electron chi connectivity index (χ4n) is 2.74. The number of hydrogen-bond acceptors (Lipinski definition) is 6. The van der Waals surface area contributed by atoms with Crippen molar-refractivity contribution in [2.45, 2.75) is 45.8 Å². The molecule has 9 heteroatoms. The van der Waals surface area contributed by atoms with Crippen LogP contribution in [0.2, 0.25) is 0 Å². The van der Waals surface area contributed by atoms with Gasteiger partial charge in [0.25, 0.3) is 5.91 Å². The van der Waals surface area contributed by atoms with E-state index in [1.807, 2.05) is 69.0 Å². The highest BCUT2D eigenvalue weighted by Crippen LogP contribution is 2.23. The summed E-state index contributed by atoms with van der Waals surface area (Å²) in [5.41, 5.74) is 1.69. The second kappa shape index (κ2) is 10.2. The molecule has 0 spiro atoms. The summed E-state index contributed by atoms with van der Waals surface area (Å²) in [6.07, 6.45) is 3.61. The Morgan fingerprint density at radius 1 is 1.12 bits per heavy atom. The van der Waals surface area contributed by atoms with Crippen LogP contribution in [0, 0.1) is 11.8 Å². The molecule has 2 amide bonds. The van der Waals surface area contributed by atoms with Crippen molar-refractivity contribution >= 4 is 28.3 Å². The molecule has 0 bridgehead atoms. The summed E-state index contributed by atoms with van der Waals surface area (Å²) in [7, 11) is 1.61. The van der Waals surface area contributed by atoms with E-state index in [-0.39, 0.29) is 23.9 Å². The molecular formula is C25H29N5O3S. The van der Waals surface area contributed by atoms with Gasteiger partial charge < -0.3 is 19.9 Å². The van der Waals surface area contributed by atoms with Crippen molar-refractivity contribution in [1.29, 1.82) is 0 Å². The minimum Gasteiger partial charge on any atom is -0.366 e. The predicted octanol–water partition coefficient (Wildman–Crippen LogP) is 3.91. The highest BCUT2D eigenvalue weighted by molar-refractivity contribution is 7.14. The molecule has 34 heavy (non-hydrogen) atoms. The molecule has 3 heterocycles. The Morgan fingerprint density at radius 3 is 2.56 bits per heavy atom. The highest BCUT2D eigenvalue weighted by atomic mass is 32.1. The number of ether oxygens (including phenoxy) is 1. The SMILES string of the molecule is COC(C)(C)C#Cc1cccc(-c2csc(NC(=O)CNC(=O)c3ccn(C(C)(C)C)c3)n2)n1. The zero-order chi connectivity index (χ0) is 24.9. The van der Waals surface area contributed by atoms with Gasteiger partial charge in [0.05, 0.1) is 17.8 Å². The molecule has 0 saturated carbocycles. The smallest absolute Gasteiger partial charge is 0.253 e. The number of carbonyl (C=O) groups excluding carboxylic acids is 2. The molecule has 3 aromatic rings. The van der Waals surface area contributed by atoms with E-state index in [0.717, 1.165) is 0 Å². The van der Waals surface area contributed by atoms with Crippen molar-refractivity contribution < 1.29 is 14.3 Å². The molecule has 0 radical (unpaired) electrons. The number of nitrogens with zero attached hydrogens (tertiary/aromatic N) is 3. The molecular weight excluding hydrogens is 450 g/mol. The first-order chi connectivity index (χ1) is 16.0. The van der Waals surface area contributed by atoms with Crippen molar-refractivity contribution in [3.63, 3.8) is 0 Å². The van der Waals surface area contributed by atoms with Gasteiger partial charge >= 0.3 is 0 Å². The van der Waals surface area contributed by atoms with Crippen LogP contribution in [0.3, 0.4) is 0 Å². The average Bonchev–Trinajstić information content (AvgIpc) is 3.46. The molecule has 3 rings (SSSR count). The van der Waals surface area contributed by atoms with E-state index in [4.69, 9.17) is 4.74 Å². The van der Waals surface area contributed by atoms with Gasteiger partial charge in [-0.1, -0.05) is 12.0 Å². The van der Waals surface area contributed by atoms with E-state index in [0.29, 0.717) is 27.8 Å². The lowest BCUT2D eigenvalue weighted by molar-refractivity contribution is -0.115. The molecule has 2 N–H and O–H groups in total. The maximum atomic E-state index is 12.4. The van der Waals surface area contributed by atoms with E-state index in [2.05, 4.69) is 32.4 Å². The van der Waals surface area contributed by atoms with E-state index < -0.39 is 5.60 Å². The lowest BCUT2D eigenvalue weighted by Gasteiger charge is -2.20. The van der Waals surface area contributed by atoms with Gasteiger partial charge in [-0.05, 0) is 58.7 Å². The van der Waals surface area contributed by atoms with Gasteiger partial charge in [0, 0.05) is 30.4 Å². The van der Waals surface area contributed by atoms with E-state index in [9.17, 15) is 9.59 Å². The van der Waals surface area contributed by atoms with Gasteiger partial charge in [-0.3, -0.25) is 9.59 Å². The molecule has 8 nitrogen and oxygen atoms in total. The van der Waals surface area contributed by atoms with Crippen LogP contribution < -0.4 is 10.6 Å². The number of methoxy groups -OCH3 is 1. The van der Waals surface area contributed by atoms with Crippen LogP contribution in [-0.2, 0) is 15.1 Å². The fraction of sp³-hybridized carbons (Fsp3) is 0.360. The van der Waals surface area contributed by atoms with Gasteiger partial charge in [-0.2, -0.15) is 0 Å². The molecule has 0 aliphatic heterocycles. The third-order valence-corrected chi connectivity index (χ3v) is 5.66. The fourth-order valence-corrected chi connectivity index (χ4v) is 3.46. The number of pyridine rings is 1. The number of anilines is 1. The van der Waals surface area contributed by atoms with Crippen LogP contribution in [0.15, 0.2) is 42.0 Å². The monoisotopic (exact) mass is 479 g/mol. The van der Waals surface area contributed by atoms with E-state index >= 15 is 0 Å². The summed E-state index contributed by atoms with van der Waals surface area (Å²) in [4.78, 5) is 33.6.